The van der Waals surface area contributed by atoms with Crippen LogP contribution in [-0.4, -0.2) is 47.1 Å². The first-order valence-corrected chi connectivity index (χ1v) is 8.26. The average molecular weight is 358 g/mol. The Morgan fingerprint density at radius 3 is 2.70 bits per heavy atom. The molecule has 0 spiro atoms. The molecule has 1 heterocycles. The van der Waals surface area contributed by atoms with Crippen molar-refractivity contribution in [2.24, 2.45) is 0 Å². The predicted molar refractivity (Wildman–Crippen MR) is 87.6 cm³/mol. The molecule has 7 nitrogen and oxygen atoms in total. The van der Waals surface area contributed by atoms with Gasteiger partial charge >= 0.3 is 6.03 Å². The van der Waals surface area contributed by atoms with Gasteiger partial charge in [-0.25, -0.2) is 4.79 Å². The Bertz CT molecular complexity index is 580. The molecule has 1 aromatic rings. The number of rotatable bonds is 6. The summed E-state index contributed by atoms with van der Waals surface area (Å²) in [6, 6.07) is 6.32. The Morgan fingerprint density at radius 2 is 2.09 bits per heavy atom. The first kappa shape index (κ1) is 17.4. The van der Waals surface area contributed by atoms with Crippen LogP contribution in [0.5, 0.6) is 5.75 Å². The Balaban J connectivity index is 1.68. The second kappa shape index (κ2) is 8.07. The molecule has 2 N–H and O–H groups in total. The molecule has 0 bridgehead atoms. The van der Waals surface area contributed by atoms with Gasteiger partial charge in [-0.05, 0) is 31.2 Å². The molecule has 0 aromatic heterocycles. The van der Waals surface area contributed by atoms with Gasteiger partial charge in [-0.15, -0.1) is 0 Å². The van der Waals surface area contributed by atoms with Crippen LogP contribution in [0.2, 0.25) is 5.02 Å². The van der Waals surface area contributed by atoms with Crippen molar-refractivity contribution >= 4 is 40.5 Å². The van der Waals surface area contributed by atoms with Crippen molar-refractivity contribution < 1.29 is 19.1 Å². The highest BCUT2D eigenvalue weighted by atomic mass is 35.5. The SMILES string of the molecule is CC(NC(=O)NCCN1C(=O)CSC1=O)Oc1ccc(Cl)cc1. The third kappa shape index (κ3) is 5.33. The molecular formula is C14H16ClN3O4S. The van der Waals surface area contributed by atoms with Gasteiger partial charge in [0, 0.05) is 18.1 Å². The number of carbonyl (C=O) groups excluding carboxylic acids is 3. The van der Waals surface area contributed by atoms with E-state index in [4.69, 9.17) is 16.3 Å². The fourth-order valence-electron chi connectivity index (χ4n) is 1.86. The molecule has 4 amide bonds. The molecule has 124 valence electrons. The zero-order valence-corrected chi connectivity index (χ0v) is 13.9. The van der Waals surface area contributed by atoms with Crippen molar-refractivity contribution in [2.75, 3.05) is 18.8 Å². The molecule has 2 rings (SSSR count). The fourth-order valence-corrected chi connectivity index (χ4v) is 2.74. The minimum absolute atomic E-state index is 0.157. The van der Waals surface area contributed by atoms with Crippen LogP contribution in [0.1, 0.15) is 6.92 Å². The number of hydrogen-bond donors (Lipinski definition) is 2. The molecule has 1 aliphatic rings. The van der Waals surface area contributed by atoms with E-state index in [0.717, 1.165) is 16.7 Å². The average Bonchev–Trinajstić information content (AvgIpc) is 2.81. The van der Waals surface area contributed by atoms with Crippen molar-refractivity contribution in [2.45, 2.75) is 13.2 Å². The van der Waals surface area contributed by atoms with Gasteiger partial charge < -0.3 is 15.4 Å². The number of hydrogen-bond acceptors (Lipinski definition) is 5. The molecule has 1 aromatic carbocycles. The van der Waals surface area contributed by atoms with Crippen molar-refractivity contribution in [3.8, 4) is 5.75 Å². The van der Waals surface area contributed by atoms with Crippen LogP contribution in [0, 0.1) is 0 Å². The van der Waals surface area contributed by atoms with E-state index in [2.05, 4.69) is 10.6 Å². The maximum atomic E-state index is 11.7. The number of benzene rings is 1. The van der Waals surface area contributed by atoms with Crippen molar-refractivity contribution in [3.05, 3.63) is 29.3 Å². The standard InChI is InChI=1S/C14H16ClN3O4S/c1-9(22-11-4-2-10(15)3-5-11)17-13(20)16-6-7-18-12(19)8-23-14(18)21/h2-5,9H,6-8H2,1H3,(H2,16,17,20). The summed E-state index contributed by atoms with van der Waals surface area (Å²) in [5.41, 5.74) is 0. The minimum atomic E-state index is -0.554. The topological polar surface area (TPSA) is 87.7 Å². The quantitative estimate of drug-likeness (QED) is 0.761. The molecular weight excluding hydrogens is 342 g/mol. The molecule has 9 heteroatoms. The van der Waals surface area contributed by atoms with Crippen LogP contribution < -0.4 is 15.4 Å². The Labute approximate surface area is 142 Å². The first-order chi connectivity index (χ1) is 11.0. The van der Waals surface area contributed by atoms with Gasteiger partial charge in [0.15, 0.2) is 6.23 Å². The van der Waals surface area contributed by atoms with E-state index in [0.29, 0.717) is 10.8 Å². The van der Waals surface area contributed by atoms with Crippen LogP contribution in [-0.2, 0) is 4.79 Å². The van der Waals surface area contributed by atoms with E-state index in [1.165, 1.54) is 0 Å². The maximum Gasteiger partial charge on any atom is 0.317 e. The largest absolute Gasteiger partial charge is 0.471 e. The number of imide groups is 1. The second-order valence-electron chi connectivity index (χ2n) is 4.71. The highest BCUT2D eigenvalue weighted by Gasteiger charge is 2.29. The van der Waals surface area contributed by atoms with Crippen molar-refractivity contribution in [1.82, 2.24) is 15.5 Å². The molecule has 1 saturated heterocycles. The Kier molecular flexibility index (Phi) is 6.12. The lowest BCUT2D eigenvalue weighted by atomic mass is 10.3. The predicted octanol–water partition coefficient (Wildman–Crippen LogP) is 2.06. The number of thioether (sulfide) groups is 1. The fraction of sp³-hybridized carbons (Fsp3) is 0.357. The Hall–Kier alpha value is -1.93. The summed E-state index contributed by atoms with van der Waals surface area (Å²) in [7, 11) is 0. The molecule has 1 fully saturated rings. The number of urea groups is 1. The van der Waals surface area contributed by atoms with Crippen LogP contribution in [0.25, 0.3) is 0 Å². The molecule has 0 aliphatic carbocycles. The van der Waals surface area contributed by atoms with E-state index in [-0.39, 0.29) is 30.0 Å². The molecule has 0 radical (unpaired) electrons. The van der Waals surface area contributed by atoms with Gasteiger partial charge in [0.2, 0.25) is 5.91 Å². The van der Waals surface area contributed by atoms with Gasteiger partial charge in [-0.2, -0.15) is 0 Å². The van der Waals surface area contributed by atoms with Gasteiger partial charge in [-0.1, -0.05) is 23.4 Å². The van der Waals surface area contributed by atoms with Crippen LogP contribution >= 0.6 is 23.4 Å². The summed E-state index contributed by atoms with van der Waals surface area (Å²) >= 11 is 6.74. The summed E-state index contributed by atoms with van der Waals surface area (Å²) in [5, 5.41) is 5.48. The Morgan fingerprint density at radius 1 is 1.39 bits per heavy atom. The smallest absolute Gasteiger partial charge is 0.317 e. The van der Waals surface area contributed by atoms with Crippen molar-refractivity contribution in [1.29, 1.82) is 0 Å². The molecule has 1 aliphatic heterocycles. The summed E-state index contributed by atoms with van der Waals surface area (Å²) in [5.74, 6) is 0.505. The van der Waals surface area contributed by atoms with E-state index in [9.17, 15) is 14.4 Å². The highest BCUT2D eigenvalue weighted by Crippen LogP contribution is 2.18. The molecule has 23 heavy (non-hydrogen) atoms. The molecule has 1 atom stereocenters. The lowest BCUT2D eigenvalue weighted by Gasteiger charge is -2.18. The zero-order chi connectivity index (χ0) is 16.8. The molecule has 1 unspecified atom stereocenters. The van der Waals surface area contributed by atoms with E-state index in [1.54, 1.807) is 31.2 Å². The monoisotopic (exact) mass is 357 g/mol. The van der Waals surface area contributed by atoms with E-state index < -0.39 is 12.3 Å². The maximum absolute atomic E-state index is 11.7. The van der Waals surface area contributed by atoms with E-state index in [1.807, 2.05) is 0 Å². The lowest BCUT2D eigenvalue weighted by Crippen LogP contribution is -2.46. The highest BCUT2D eigenvalue weighted by molar-refractivity contribution is 8.14. The van der Waals surface area contributed by atoms with Crippen LogP contribution in [0.4, 0.5) is 9.59 Å². The normalized spacial score (nSPS) is 15.5. The molecule has 0 saturated carbocycles. The van der Waals surface area contributed by atoms with Gasteiger partial charge in [0.05, 0.1) is 5.75 Å². The summed E-state index contributed by atoms with van der Waals surface area (Å²) in [6.07, 6.45) is -0.554. The third-order valence-corrected chi connectivity index (χ3v) is 4.03. The first-order valence-electron chi connectivity index (χ1n) is 6.89. The van der Waals surface area contributed by atoms with Crippen molar-refractivity contribution in [3.63, 3.8) is 0 Å². The number of halogens is 1. The third-order valence-electron chi connectivity index (χ3n) is 2.92. The van der Waals surface area contributed by atoms with Gasteiger partial charge in [-0.3, -0.25) is 14.5 Å². The van der Waals surface area contributed by atoms with E-state index >= 15 is 0 Å². The number of ether oxygens (including phenoxy) is 1. The van der Waals surface area contributed by atoms with Gasteiger partial charge in [0.1, 0.15) is 5.75 Å². The zero-order valence-electron chi connectivity index (χ0n) is 12.4. The summed E-state index contributed by atoms with van der Waals surface area (Å²) < 4.78 is 5.50. The number of carbonyl (C=O) groups is 3. The minimum Gasteiger partial charge on any atom is -0.471 e. The van der Waals surface area contributed by atoms with Crippen LogP contribution in [0.15, 0.2) is 24.3 Å². The lowest BCUT2D eigenvalue weighted by molar-refractivity contribution is -0.124. The van der Waals surface area contributed by atoms with Crippen LogP contribution in [0.3, 0.4) is 0 Å². The second-order valence-corrected chi connectivity index (χ2v) is 6.08. The summed E-state index contributed by atoms with van der Waals surface area (Å²) in [6.45, 7) is 2.01. The summed E-state index contributed by atoms with van der Waals surface area (Å²) in [4.78, 5) is 35.6. The number of nitrogens with zero attached hydrogens (tertiary/aromatic N) is 1. The number of amides is 4. The van der Waals surface area contributed by atoms with Gasteiger partial charge in [0.25, 0.3) is 5.24 Å². The number of nitrogens with one attached hydrogen (secondary N) is 2.